The summed E-state index contributed by atoms with van der Waals surface area (Å²) in [5, 5.41) is 4.53. The van der Waals surface area contributed by atoms with Crippen LogP contribution in [-0.4, -0.2) is 29.9 Å². The van der Waals surface area contributed by atoms with Gasteiger partial charge >= 0.3 is 0 Å². The molecule has 2 aromatic rings. The van der Waals surface area contributed by atoms with Gasteiger partial charge in [0.25, 0.3) is 0 Å². The second-order valence-electron chi connectivity index (χ2n) is 5.22. The summed E-state index contributed by atoms with van der Waals surface area (Å²) >= 11 is 0. The van der Waals surface area contributed by atoms with Gasteiger partial charge in [-0.3, -0.25) is 4.68 Å². The third-order valence-electron chi connectivity index (χ3n) is 3.96. The topological polar surface area (TPSA) is 50.3 Å². The van der Waals surface area contributed by atoms with Gasteiger partial charge in [-0.15, -0.1) is 0 Å². The van der Waals surface area contributed by atoms with Crippen molar-refractivity contribution in [1.29, 1.82) is 0 Å². The number of fused-ring (bicyclic) bond motifs is 1. The Morgan fingerprint density at radius 1 is 1.15 bits per heavy atom. The van der Waals surface area contributed by atoms with Gasteiger partial charge in [0.2, 0.25) is 0 Å². The van der Waals surface area contributed by atoms with Crippen molar-refractivity contribution in [3.05, 3.63) is 30.0 Å². The van der Waals surface area contributed by atoms with Gasteiger partial charge in [-0.25, -0.2) is 0 Å². The average Bonchev–Trinajstić information content (AvgIpc) is 2.75. The molecule has 3 rings (SSSR count). The molecule has 106 valence electrons. The second kappa shape index (κ2) is 4.74. The number of aryl methyl sites for hydroxylation is 2. The van der Waals surface area contributed by atoms with Crippen LogP contribution in [0.5, 0.6) is 0 Å². The SMILES string of the molecule is CCc1nn(C)c(N2CCN(C)c3ccccc32)c1N. The molecule has 0 spiro atoms. The maximum absolute atomic E-state index is 6.30. The summed E-state index contributed by atoms with van der Waals surface area (Å²) in [5.41, 5.74) is 10.5. The Labute approximate surface area is 119 Å². The quantitative estimate of drug-likeness (QED) is 0.909. The van der Waals surface area contributed by atoms with E-state index >= 15 is 0 Å². The van der Waals surface area contributed by atoms with Crippen LogP contribution in [0, 0.1) is 0 Å². The third kappa shape index (κ3) is 1.81. The molecular weight excluding hydrogens is 250 g/mol. The minimum atomic E-state index is 0.800. The summed E-state index contributed by atoms with van der Waals surface area (Å²) < 4.78 is 1.90. The van der Waals surface area contributed by atoms with Gasteiger partial charge in [0.05, 0.1) is 22.8 Å². The Balaban J connectivity index is 2.13. The largest absolute Gasteiger partial charge is 0.394 e. The molecule has 0 saturated heterocycles. The van der Waals surface area contributed by atoms with Crippen molar-refractivity contribution in [2.75, 3.05) is 35.7 Å². The molecule has 0 fully saturated rings. The van der Waals surface area contributed by atoms with Crippen LogP contribution >= 0.6 is 0 Å². The predicted molar refractivity (Wildman–Crippen MR) is 83.7 cm³/mol. The lowest BCUT2D eigenvalue weighted by Crippen LogP contribution is -2.37. The lowest BCUT2D eigenvalue weighted by atomic mass is 10.1. The Kier molecular flexibility index (Phi) is 3.04. The van der Waals surface area contributed by atoms with E-state index in [0.717, 1.165) is 36.7 Å². The minimum absolute atomic E-state index is 0.800. The van der Waals surface area contributed by atoms with E-state index in [-0.39, 0.29) is 0 Å². The number of aromatic nitrogens is 2. The maximum Gasteiger partial charge on any atom is 0.155 e. The first kappa shape index (κ1) is 12.8. The number of hydrogen-bond acceptors (Lipinski definition) is 4. The zero-order valence-electron chi connectivity index (χ0n) is 12.3. The number of rotatable bonds is 2. The molecule has 1 aliphatic rings. The number of nitrogen functional groups attached to an aromatic ring is 1. The fourth-order valence-electron chi connectivity index (χ4n) is 2.89. The van der Waals surface area contributed by atoms with Crippen LogP contribution < -0.4 is 15.5 Å². The Hall–Kier alpha value is -2.17. The first-order valence-electron chi connectivity index (χ1n) is 7.02. The monoisotopic (exact) mass is 271 g/mol. The van der Waals surface area contributed by atoms with Crippen LogP contribution in [0.15, 0.2) is 24.3 Å². The molecule has 1 aromatic heterocycles. The number of hydrogen-bond donors (Lipinski definition) is 1. The molecule has 0 atom stereocenters. The molecule has 2 heterocycles. The molecule has 1 aromatic carbocycles. The molecule has 5 heteroatoms. The van der Waals surface area contributed by atoms with E-state index in [1.165, 1.54) is 11.4 Å². The molecule has 0 bridgehead atoms. The van der Waals surface area contributed by atoms with Gasteiger partial charge < -0.3 is 15.5 Å². The summed E-state index contributed by atoms with van der Waals surface area (Å²) in [6.07, 6.45) is 0.856. The van der Waals surface area contributed by atoms with Crippen LogP contribution in [0.2, 0.25) is 0 Å². The van der Waals surface area contributed by atoms with E-state index in [1.807, 2.05) is 11.7 Å². The number of nitrogens with zero attached hydrogens (tertiary/aromatic N) is 4. The van der Waals surface area contributed by atoms with Gasteiger partial charge in [0.1, 0.15) is 0 Å². The average molecular weight is 271 g/mol. The van der Waals surface area contributed by atoms with Crippen molar-refractivity contribution < 1.29 is 0 Å². The Morgan fingerprint density at radius 2 is 1.85 bits per heavy atom. The maximum atomic E-state index is 6.30. The van der Waals surface area contributed by atoms with E-state index in [4.69, 9.17) is 5.73 Å². The van der Waals surface area contributed by atoms with E-state index in [9.17, 15) is 0 Å². The standard InChI is InChI=1S/C15H21N5/c1-4-11-14(16)15(19(3)17-11)20-10-9-18(2)12-7-5-6-8-13(12)20/h5-8H,4,9-10,16H2,1-3H3. The molecule has 0 saturated carbocycles. The van der Waals surface area contributed by atoms with Crippen LogP contribution in [0.4, 0.5) is 22.9 Å². The van der Waals surface area contributed by atoms with Crippen LogP contribution in [-0.2, 0) is 13.5 Å². The molecular formula is C15H21N5. The van der Waals surface area contributed by atoms with Gasteiger partial charge in [0.15, 0.2) is 5.82 Å². The van der Waals surface area contributed by atoms with Crippen molar-refractivity contribution in [3.63, 3.8) is 0 Å². The van der Waals surface area contributed by atoms with Crippen molar-refractivity contribution in [3.8, 4) is 0 Å². The lowest BCUT2D eigenvalue weighted by Gasteiger charge is -2.36. The van der Waals surface area contributed by atoms with E-state index in [1.54, 1.807) is 0 Å². The highest BCUT2D eigenvalue weighted by molar-refractivity contribution is 5.82. The van der Waals surface area contributed by atoms with Crippen LogP contribution in [0.25, 0.3) is 0 Å². The third-order valence-corrected chi connectivity index (χ3v) is 3.96. The van der Waals surface area contributed by atoms with Gasteiger partial charge in [-0.2, -0.15) is 5.10 Å². The van der Waals surface area contributed by atoms with Gasteiger partial charge in [0, 0.05) is 27.2 Å². The van der Waals surface area contributed by atoms with E-state index in [0.29, 0.717) is 0 Å². The van der Waals surface area contributed by atoms with Crippen molar-refractivity contribution in [1.82, 2.24) is 9.78 Å². The molecule has 20 heavy (non-hydrogen) atoms. The lowest BCUT2D eigenvalue weighted by molar-refractivity contribution is 0.718. The number of anilines is 4. The van der Waals surface area contributed by atoms with Crippen molar-refractivity contribution in [2.45, 2.75) is 13.3 Å². The highest BCUT2D eigenvalue weighted by Crippen LogP contribution is 2.39. The zero-order chi connectivity index (χ0) is 14.3. The fourth-order valence-corrected chi connectivity index (χ4v) is 2.89. The van der Waals surface area contributed by atoms with Gasteiger partial charge in [-0.05, 0) is 18.6 Å². The number of benzene rings is 1. The molecule has 1 aliphatic heterocycles. The molecule has 5 nitrogen and oxygen atoms in total. The zero-order valence-corrected chi connectivity index (χ0v) is 12.3. The Morgan fingerprint density at radius 3 is 2.50 bits per heavy atom. The summed E-state index contributed by atoms with van der Waals surface area (Å²) in [7, 11) is 4.09. The predicted octanol–water partition coefficient (Wildman–Crippen LogP) is 2.15. The van der Waals surface area contributed by atoms with Crippen LogP contribution in [0.3, 0.4) is 0 Å². The number of likely N-dealkylation sites (N-methyl/N-ethyl adjacent to an activating group) is 1. The fraction of sp³-hybridized carbons (Fsp3) is 0.400. The summed E-state index contributed by atoms with van der Waals surface area (Å²) in [6, 6.07) is 8.43. The molecule has 0 amide bonds. The van der Waals surface area contributed by atoms with Crippen molar-refractivity contribution in [2.24, 2.45) is 7.05 Å². The van der Waals surface area contributed by atoms with Crippen LogP contribution in [0.1, 0.15) is 12.6 Å². The number of nitrogens with two attached hydrogens (primary N) is 1. The van der Waals surface area contributed by atoms with E-state index in [2.05, 4.69) is 53.1 Å². The first-order valence-corrected chi connectivity index (χ1v) is 7.02. The second-order valence-corrected chi connectivity index (χ2v) is 5.22. The summed E-state index contributed by atoms with van der Waals surface area (Å²) in [5.74, 6) is 1.00. The molecule has 0 unspecified atom stereocenters. The van der Waals surface area contributed by atoms with Crippen molar-refractivity contribution >= 4 is 22.9 Å². The minimum Gasteiger partial charge on any atom is -0.394 e. The normalized spacial score (nSPS) is 14.6. The van der Waals surface area contributed by atoms with E-state index < -0.39 is 0 Å². The van der Waals surface area contributed by atoms with Gasteiger partial charge in [-0.1, -0.05) is 19.1 Å². The summed E-state index contributed by atoms with van der Waals surface area (Å²) in [4.78, 5) is 4.55. The Bertz CT molecular complexity index is 631. The first-order chi connectivity index (χ1) is 9.63. The molecule has 2 N–H and O–H groups in total. The summed E-state index contributed by atoms with van der Waals surface area (Å²) in [6.45, 7) is 3.98. The number of para-hydroxylation sites is 2. The highest BCUT2D eigenvalue weighted by Gasteiger charge is 2.26. The highest BCUT2D eigenvalue weighted by atomic mass is 15.4. The molecule has 0 radical (unpaired) electrons. The molecule has 0 aliphatic carbocycles. The smallest absolute Gasteiger partial charge is 0.155 e.